The van der Waals surface area contributed by atoms with Crippen LogP contribution in [0.4, 0.5) is 0 Å². The van der Waals surface area contributed by atoms with Crippen LogP contribution in [0, 0.1) is 5.92 Å². The summed E-state index contributed by atoms with van der Waals surface area (Å²) in [4.78, 5) is 2.44. The van der Waals surface area contributed by atoms with Gasteiger partial charge in [0.25, 0.3) is 0 Å². The van der Waals surface area contributed by atoms with Crippen LogP contribution in [-0.2, 0) is 0 Å². The second-order valence-corrected chi connectivity index (χ2v) is 4.17. The first kappa shape index (κ1) is 9.63. The first-order valence-corrected chi connectivity index (χ1v) is 5.09. The molecule has 0 aromatic carbocycles. The number of allylic oxidation sites excluding steroid dienone is 1. The Morgan fingerprint density at radius 1 is 1.58 bits per heavy atom. The third-order valence-electron chi connectivity index (χ3n) is 2.71. The van der Waals surface area contributed by atoms with Gasteiger partial charge in [-0.2, -0.15) is 0 Å². The van der Waals surface area contributed by atoms with Gasteiger partial charge in [0, 0.05) is 18.3 Å². The summed E-state index contributed by atoms with van der Waals surface area (Å²) in [5, 5.41) is 0. The van der Waals surface area contributed by atoms with Gasteiger partial charge >= 0.3 is 0 Å². The standard InChI is InChI=1S/C11H21N/c1-5-6-11-7-10(4)12(8-11)9(2)3/h9,11H,4-8H2,1-3H3/t11-/m0/s1. The lowest BCUT2D eigenvalue weighted by Crippen LogP contribution is -2.26. The molecule has 1 nitrogen and oxygen atoms in total. The van der Waals surface area contributed by atoms with E-state index in [-0.39, 0.29) is 0 Å². The number of hydrogen-bond donors (Lipinski definition) is 0. The Balaban J connectivity index is 2.45. The molecule has 0 N–H and O–H groups in total. The Hall–Kier alpha value is -0.460. The van der Waals surface area contributed by atoms with Crippen LogP contribution in [0.2, 0.25) is 0 Å². The van der Waals surface area contributed by atoms with E-state index < -0.39 is 0 Å². The Morgan fingerprint density at radius 3 is 2.67 bits per heavy atom. The van der Waals surface area contributed by atoms with E-state index in [0.717, 1.165) is 5.92 Å². The normalized spacial score (nSPS) is 24.2. The number of likely N-dealkylation sites (tertiary alicyclic amines) is 1. The summed E-state index contributed by atoms with van der Waals surface area (Å²) < 4.78 is 0. The molecule has 1 heterocycles. The molecule has 0 bridgehead atoms. The third-order valence-corrected chi connectivity index (χ3v) is 2.71. The molecule has 12 heavy (non-hydrogen) atoms. The summed E-state index contributed by atoms with van der Waals surface area (Å²) in [6.45, 7) is 12.1. The molecule has 1 fully saturated rings. The van der Waals surface area contributed by atoms with Gasteiger partial charge < -0.3 is 4.90 Å². The average Bonchev–Trinajstić information content (AvgIpc) is 2.32. The molecular formula is C11H21N. The highest BCUT2D eigenvalue weighted by Gasteiger charge is 2.25. The Labute approximate surface area is 76.5 Å². The van der Waals surface area contributed by atoms with Crippen molar-refractivity contribution in [3.8, 4) is 0 Å². The molecule has 1 heteroatoms. The molecule has 0 saturated carbocycles. The fourth-order valence-corrected chi connectivity index (χ4v) is 2.10. The van der Waals surface area contributed by atoms with Crippen LogP contribution < -0.4 is 0 Å². The van der Waals surface area contributed by atoms with Crippen LogP contribution in [0.15, 0.2) is 12.3 Å². The van der Waals surface area contributed by atoms with E-state index in [9.17, 15) is 0 Å². The summed E-state index contributed by atoms with van der Waals surface area (Å²) in [7, 11) is 0. The van der Waals surface area contributed by atoms with Crippen molar-refractivity contribution in [3.63, 3.8) is 0 Å². The van der Waals surface area contributed by atoms with Crippen molar-refractivity contribution >= 4 is 0 Å². The molecular weight excluding hydrogens is 146 g/mol. The molecule has 0 unspecified atom stereocenters. The lowest BCUT2D eigenvalue weighted by atomic mass is 10.0. The maximum absolute atomic E-state index is 4.12. The summed E-state index contributed by atoms with van der Waals surface area (Å²) in [5.41, 5.74) is 1.35. The maximum atomic E-state index is 4.12. The van der Waals surface area contributed by atoms with Gasteiger partial charge in [0.05, 0.1) is 0 Å². The van der Waals surface area contributed by atoms with Crippen LogP contribution in [0.1, 0.15) is 40.0 Å². The molecule has 0 spiro atoms. The van der Waals surface area contributed by atoms with E-state index in [0.29, 0.717) is 6.04 Å². The quantitative estimate of drug-likeness (QED) is 0.624. The fraction of sp³-hybridized carbons (Fsp3) is 0.818. The van der Waals surface area contributed by atoms with Gasteiger partial charge in [0.1, 0.15) is 0 Å². The van der Waals surface area contributed by atoms with Gasteiger partial charge in [-0.05, 0) is 32.6 Å². The molecule has 0 aromatic rings. The Bertz CT molecular complexity index is 160. The number of hydrogen-bond acceptors (Lipinski definition) is 1. The van der Waals surface area contributed by atoms with E-state index in [1.807, 2.05) is 0 Å². The number of rotatable bonds is 3. The molecule has 1 rings (SSSR count). The van der Waals surface area contributed by atoms with Crippen LogP contribution in [0.5, 0.6) is 0 Å². The molecule has 0 radical (unpaired) electrons. The molecule has 1 aliphatic heterocycles. The van der Waals surface area contributed by atoms with E-state index >= 15 is 0 Å². The zero-order chi connectivity index (χ0) is 9.14. The maximum Gasteiger partial charge on any atom is 0.0230 e. The molecule has 0 aromatic heterocycles. The van der Waals surface area contributed by atoms with Crippen LogP contribution >= 0.6 is 0 Å². The predicted octanol–water partition coefficient (Wildman–Crippen LogP) is 3.03. The highest BCUT2D eigenvalue weighted by Crippen LogP contribution is 2.29. The molecule has 70 valence electrons. The van der Waals surface area contributed by atoms with Crippen molar-refractivity contribution in [1.82, 2.24) is 4.90 Å². The van der Waals surface area contributed by atoms with Crippen LogP contribution in [-0.4, -0.2) is 17.5 Å². The van der Waals surface area contributed by atoms with Gasteiger partial charge in [-0.1, -0.05) is 19.9 Å². The fourth-order valence-electron chi connectivity index (χ4n) is 2.10. The van der Waals surface area contributed by atoms with Crippen molar-refractivity contribution in [1.29, 1.82) is 0 Å². The minimum absolute atomic E-state index is 0.638. The summed E-state index contributed by atoms with van der Waals surface area (Å²) in [6, 6.07) is 0.638. The third kappa shape index (κ3) is 2.02. The van der Waals surface area contributed by atoms with Crippen molar-refractivity contribution in [2.45, 2.75) is 46.1 Å². The van der Waals surface area contributed by atoms with Crippen LogP contribution in [0.25, 0.3) is 0 Å². The lowest BCUT2D eigenvalue weighted by molar-refractivity contribution is 0.300. The minimum atomic E-state index is 0.638. The summed E-state index contributed by atoms with van der Waals surface area (Å²) in [6.07, 6.45) is 3.90. The van der Waals surface area contributed by atoms with E-state index in [1.54, 1.807) is 0 Å². The van der Waals surface area contributed by atoms with Gasteiger partial charge in [-0.15, -0.1) is 0 Å². The second kappa shape index (κ2) is 3.97. The minimum Gasteiger partial charge on any atom is -0.373 e. The highest BCUT2D eigenvalue weighted by molar-refractivity contribution is 5.03. The molecule has 1 aliphatic rings. The average molecular weight is 167 g/mol. The van der Waals surface area contributed by atoms with Gasteiger partial charge in [-0.3, -0.25) is 0 Å². The monoisotopic (exact) mass is 167 g/mol. The largest absolute Gasteiger partial charge is 0.373 e. The van der Waals surface area contributed by atoms with Gasteiger partial charge in [0.15, 0.2) is 0 Å². The van der Waals surface area contributed by atoms with E-state index in [4.69, 9.17) is 0 Å². The Morgan fingerprint density at radius 2 is 2.25 bits per heavy atom. The highest BCUT2D eigenvalue weighted by atomic mass is 15.2. The van der Waals surface area contributed by atoms with Crippen LogP contribution in [0.3, 0.4) is 0 Å². The van der Waals surface area contributed by atoms with Gasteiger partial charge in [0.2, 0.25) is 0 Å². The SMILES string of the molecule is C=C1C[C@H](CCC)CN1C(C)C. The zero-order valence-corrected chi connectivity index (χ0v) is 8.64. The molecule has 0 amide bonds. The van der Waals surface area contributed by atoms with Gasteiger partial charge in [-0.25, -0.2) is 0 Å². The topological polar surface area (TPSA) is 3.24 Å². The smallest absolute Gasteiger partial charge is 0.0230 e. The molecule has 0 aliphatic carbocycles. The molecule has 1 atom stereocenters. The Kier molecular flexibility index (Phi) is 3.19. The predicted molar refractivity (Wildman–Crippen MR) is 54.0 cm³/mol. The first-order chi connectivity index (χ1) is 5.65. The first-order valence-electron chi connectivity index (χ1n) is 5.09. The van der Waals surface area contributed by atoms with Crippen molar-refractivity contribution in [2.75, 3.05) is 6.54 Å². The molecule has 1 saturated heterocycles. The number of nitrogens with zero attached hydrogens (tertiary/aromatic N) is 1. The van der Waals surface area contributed by atoms with E-state index in [1.165, 1.54) is 31.5 Å². The summed E-state index contributed by atoms with van der Waals surface area (Å²) in [5.74, 6) is 0.880. The van der Waals surface area contributed by atoms with Crippen molar-refractivity contribution in [2.24, 2.45) is 5.92 Å². The summed E-state index contributed by atoms with van der Waals surface area (Å²) >= 11 is 0. The van der Waals surface area contributed by atoms with Crippen molar-refractivity contribution in [3.05, 3.63) is 12.3 Å². The van der Waals surface area contributed by atoms with E-state index in [2.05, 4.69) is 32.3 Å². The zero-order valence-electron chi connectivity index (χ0n) is 8.64. The lowest BCUT2D eigenvalue weighted by Gasteiger charge is -2.24. The second-order valence-electron chi connectivity index (χ2n) is 4.17. The van der Waals surface area contributed by atoms with Crippen molar-refractivity contribution < 1.29 is 0 Å².